The number of nitrogens with zero attached hydrogens (tertiary/aromatic N) is 3. The first-order valence-electron chi connectivity index (χ1n) is 12.0. The summed E-state index contributed by atoms with van der Waals surface area (Å²) in [5.41, 5.74) is 2.95. The molecule has 2 aromatic carbocycles. The molecule has 0 N–H and O–H groups in total. The number of anilines is 1. The van der Waals surface area contributed by atoms with E-state index in [0.29, 0.717) is 37.4 Å². The second-order valence-corrected chi connectivity index (χ2v) is 11.2. The summed E-state index contributed by atoms with van der Waals surface area (Å²) in [4.78, 5) is 17.9. The molecule has 2 aliphatic heterocycles. The van der Waals surface area contributed by atoms with Crippen molar-refractivity contribution in [3.05, 3.63) is 53.6 Å². The summed E-state index contributed by atoms with van der Waals surface area (Å²) in [6.07, 6.45) is 2.06. The minimum Gasteiger partial charge on any atom is -0.497 e. The molecule has 0 atom stereocenters. The third-order valence-corrected chi connectivity index (χ3v) is 9.06. The molecule has 2 saturated heterocycles. The molecule has 2 fully saturated rings. The average molecular weight is 486 g/mol. The van der Waals surface area contributed by atoms with Crippen molar-refractivity contribution in [2.45, 2.75) is 38.0 Å². The third kappa shape index (κ3) is 5.23. The first-order valence-corrected chi connectivity index (χ1v) is 13.5. The standard InChI is InChI=1S/C26H35N3O4S/c1-20-5-10-25(21(2)19-20)34(31,32)29-15-11-22(12-16-29)26(30)28-14-4-13-27(17-18-28)23-6-8-24(33-3)9-7-23/h5-10,19,22H,4,11-18H2,1-3H3. The Balaban J connectivity index is 1.34. The fourth-order valence-electron chi connectivity index (χ4n) is 5.02. The lowest BCUT2D eigenvalue weighted by Crippen LogP contribution is -2.45. The van der Waals surface area contributed by atoms with Gasteiger partial charge in [0.05, 0.1) is 12.0 Å². The lowest BCUT2D eigenvalue weighted by Gasteiger charge is -2.33. The fourth-order valence-corrected chi connectivity index (χ4v) is 6.69. The van der Waals surface area contributed by atoms with Gasteiger partial charge >= 0.3 is 0 Å². The summed E-state index contributed by atoms with van der Waals surface area (Å²) < 4.78 is 33.1. The van der Waals surface area contributed by atoms with Crippen molar-refractivity contribution in [3.63, 3.8) is 0 Å². The van der Waals surface area contributed by atoms with Crippen LogP contribution in [-0.4, -0.2) is 69.9 Å². The van der Waals surface area contributed by atoms with Crippen LogP contribution in [-0.2, 0) is 14.8 Å². The van der Waals surface area contributed by atoms with Crippen LogP contribution in [0, 0.1) is 19.8 Å². The van der Waals surface area contributed by atoms with Gasteiger partial charge in [0, 0.05) is 50.9 Å². The van der Waals surface area contributed by atoms with E-state index in [4.69, 9.17) is 4.74 Å². The fraction of sp³-hybridized carbons (Fsp3) is 0.500. The Kier molecular flexibility index (Phi) is 7.48. The number of amides is 1. The number of hydrogen-bond acceptors (Lipinski definition) is 5. The minimum atomic E-state index is -3.54. The Morgan fingerprint density at radius 3 is 2.26 bits per heavy atom. The molecule has 2 aromatic rings. The van der Waals surface area contributed by atoms with Crippen molar-refractivity contribution in [2.75, 3.05) is 51.3 Å². The molecule has 4 rings (SSSR count). The second kappa shape index (κ2) is 10.4. The highest BCUT2D eigenvalue weighted by atomic mass is 32.2. The quantitative estimate of drug-likeness (QED) is 0.649. The van der Waals surface area contributed by atoms with Crippen molar-refractivity contribution >= 4 is 21.6 Å². The van der Waals surface area contributed by atoms with Crippen molar-refractivity contribution in [1.82, 2.24) is 9.21 Å². The van der Waals surface area contributed by atoms with Gasteiger partial charge in [0.2, 0.25) is 15.9 Å². The van der Waals surface area contributed by atoms with Crippen molar-refractivity contribution in [3.8, 4) is 5.75 Å². The summed E-state index contributed by atoms with van der Waals surface area (Å²) in [6, 6.07) is 13.5. The van der Waals surface area contributed by atoms with Crippen LogP contribution in [0.3, 0.4) is 0 Å². The van der Waals surface area contributed by atoms with Gasteiger partial charge in [-0.2, -0.15) is 4.31 Å². The largest absolute Gasteiger partial charge is 0.497 e. The van der Waals surface area contributed by atoms with E-state index in [1.54, 1.807) is 17.5 Å². The number of benzene rings is 2. The molecular weight excluding hydrogens is 450 g/mol. The Hall–Kier alpha value is -2.58. The molecule has 1 amide bonds. The van der Waals surface area contributed by atoms with Crippen molar-refractivity contribution < 1.29 is 17.9 Å². The normalized spacial score (nSPS) is 18.6. The highest BCUT2D eigenvalue weighted by molar-refractivity contribution is 7.89. The first kappa shape index (κ1) is 24.5. The van der Waals surface area contributed by atoms with Gasteiger partial charge < -0.3 is 14.5 Å². The number of carbonyl (C=O) groups excluding carboxylic acids is 1. The van der Waals surface area contributed by atoms with Crippen LogP contribution in [0.1, 0.15) is 30.4 Å². The topological polar surface area (TPSA) is 70.2 Å². The number of piperidine rings is 1. The average Bonchev–Trinajstić information content (AvgIpc) is 3.10. The summed E-state index contributed by atoms with van der Waals surface area (Å²) in [5, 5.41) is 0. The molecule has 184 valence electrons. The lowest BCUT2D eigenvalue weighted by atomic mass is 9.96. The van der Waals surface area contributed by atoms with E-state index in [1.807, 2.05) is 43.0 Å². The van der Waals surface area contributed by atoms with E-state index in [2.05, 4.69) is 17.0 Å². The smallest absolute Gasteiger partial charge is 0.243 e. The molecule has 0 aliphatic carbocycles. The summed E-state index contributed by atoms with van der Waals surface area (Å²) in [6.45, 7) is 7.69. The molecule has 0 radical (unpaired) electrons. The van der Waals surface area contributed by atoms with Gasteiger partial charge in [0.25, 0.3) is 0 Å². The molecule has 8 heteroatoms. The molecule has 7 nitrogen and oxygen atoms in total. The molecule has 0 spiro atoms. The maximum absolute atomic E-state index is 13.3. The Labute approximate surface area is 203 Å². The number of hydrogen-bond donors (Lipinski definition) is 0. The third-order valence-electron chi connectivity index (χ3n) is 7.00. The monoisotopic (exact) mass is 485 g/mol. The van der Waals surface area contributed by atoms with Crippen LogP contribution in [0.5, 0.6) is 5.75 Å². The van der Waals surface area contributed by atoms with Crippen molar-refractivity contribution in [1.29, 1.82) is 0 Å². The molecule has 34 heavy (non-hydrogen) atoms. The molecule has 2 heterocycles. The molecule has 0 bridgehead atoms. The Bertz CT molecular complexity index is 1110. The summed E-state index contributed by atoms with van der Waals surface area (Å²) in [5.74, 6) is 0.888. The van der Waals surface area contributed by atoms with Gasteiger partial charge in [-0.1, -0.05) is 17.7 Å². The lowest BCUT2D eigenvalue weighted by molar-refractivity contribution is -0.136. The van der Waals surface area contributed by atoms with Crippen LogP contribution in [0.25, 0.3) is 0 Å². The molecular formula is C26H35N3O4S. The number of sulfonamides is 1. The highest BCUT2D eigenvalue weighted by Gasteiger charge is 2.34. The molecule has 0 aromatic heterocycles. The SMILES string of the molecule is COc1ccc(N2CCCN(C(=O)C3CCN(S(=O)(=O)c4ccc(C)cc4C)CC3)CC2)cc1. The second-order valence-electron chi connectivity index (χ2n) is 9.31. The zero-order chi connectivity index (χ0) is 24.3. The van der Waals surface area contributed by atoms with E-state index in [0.717, 1.165) is 48.6 Å². The summed E-state index contributed by atoms with van der Waals surface area (Å²) >= 11 is 0. The van der Waals surface area contributed by atoms with Gasteiger partial charge in [-0.3, -0.25) is 4.79 Å². The van der Waals surface area contributed by atoms with Crippen LogP contribution in [0.15, 0.2) is 47.4 Å². The van der Waals surface area contributed by atoms with E-state index in [9.17, 15) is 13.2 Å². The van der Waals surface area contributed by atoms with Gasteiger partial charge in [-0.25, -0.2) is 8.42 Å². The number of ether oxygens (including phenoxy) is 1. The van der Waals surface area contributed by atoms with Crippen LogP contribution in [0.2, 0.25) is 0 Å². The maximum Gasteiger partial charge on any atom is 0.243 e. The number of carbonyl (C=O) groups is 1. The number of methoxy groups -OCH3 is 1. The van der Waals surface area contributed by atoms with Gasteiger partial charge in [0.1, 0.15) is 5.75 Å². The maximum atomic E-state index is 13.3. The van der Waals surface area contributed by atoms with E-state index >= 15 is 0 Å². The molecule has 2 aliphatic rings. The Morgan fingerprint density at radius 1 is 0.912 bits per heavy atom. The van der Waals surface area contributed by atoms with Gasteiger partial charge in [-0.05, 0) is 69.0 Å². The predicted molar refractivity (Wildman–Crippen MR) is 134 cm³/mol. The summed E-state index contributed by atoms with van der Waals surface area (Å²) in [7, 11) is -1.88. The van der Waals surface area contributed by atoms with Crippen LogP contribution < -0.4 is 9.64 Å². The highest BCUT2D eigenvalue weighted by Crippen LogP contribution is 2.28. The zero-order valence-electron chi connectivity index (χ0n) is 20.4. The first-order chi connectivity index (χ1) is 16.3. The number of aryl methyl sites for hydroxylation is 2. The van der Waals surface area contributed by atoms with Crippen LogP contribution in [0.4, 0.5) is 5.69 Å². The van der Waals surface area contributed by atoms with Crippen molar-refractivity contribution in [2.24, 2.45) is 5.92 Å². The van der Waals surface area contributed by atoms with E-state index < -0.39 is 10.0 Å². The van der Waals surface area contributed by atoms with Gasteiger partial charge in [-0.15, -0.1) is 0 Å². The molecule has 0 unspecified atom stereocenters. The minimum absolute atomic E-state index is 0.113. The van der Waals surface area contributed by atoms with Gasteiger partial charge in [0.15, 0.2) is 0 Å². The molecule has 0 saturated carbocycles. The zero-order valence-corrected chi connectivity index (χ0v) is 21.2. The van der Waals surface area contributed by atoms with Crippen LogP contribution >= 0.6 is 0 Å². The predicted octanol–water partition coefficient (Wildman–Crippen LogP) is 3.45. The van der Waals surface area contributed by atoms with E-state index in [-0.39, 0.29) is 11.8 Å². The number of rotatable bonds is 5. The van der Waals surface area contributed by atoms with E-state index in [1.165, 1.54) is 0 Å². The Morgan fingerprint density at radius 2 is 1.62 bits per heavy atom.